The molecule has 0 spiro atoms. The third-order valence-corrected chi connectivity index (χ3v) is 5.08. The number of benzene rings is 2. The van der Waals surface area contributed by atoms with Crippen molar-refractivity contribution in [2.24, 2.45) is 0 Å². The van der Waals surface area contributed by atoms with Gasteiger partial charge in [0, 0.05) is 10.2 Å². The van der Waals surface area contributed by atoms with Gasteiger partial charge in [-0.2, -0.15) is 0 Å². The first-order valence-electron chi connectivity index (χ1n) is 7.59. The molecular weight excluding hydrogens is 388 g/mol. The maximum absolute atomic E-state index is 12.8. The van der Waals surface area contributed by atoms with Gasteiger partial charge in [0.25, 0.3) is 5.56 Å². The maximum Gasteiger partial charge on any atom is 0.262 e. The van der Waals surface area contributed by atoms with Crippen LogP contribution in [0.15, 0.2) is 63.0 Å². The highest BCUT2D eigenvalue weighted by atomic mass is 79.9. The van der Waals surface area contributed by atoms with Crippen molar-refractivity contribution >= 4 is 38.6 Å². The first kappa shape index (κ1) is 17.2. The summed E-state index contributed by atoms with van der Waals surface area (Å²) < 4.78 is 2.40. The van der Waals surface area contributed by atoms with Crippen molar-refractivity contribution in [3.05, 3.63) is 68.9 Å². The minimum atomic E-state index is -0.620. The van der Waals surface area contributed by atoms with E-state index in [1.54, 1.807) is 17.6 Å². The minimum Gasteiger partial charge on any atom is -0.392 e. The maximum atomic E-state index is 12.8. The summed E-state index contributed by atoms with van der Waals surface area (Å²) in [5.74, 6) is 0.717. The standard InChI is InChI=1S/C18H17BrN2O2S/c1-12(22)10-21-17(23)15-9-14(19)7-8-16(15)20-18(21)24-11-13-5-3-2-4-6-13/h2-9,12,22H,10-11H2,1H3/t12-/m0/s1. The largest absolute Gasteiger partial charge is 0.392 e. The zero-order valence-electron chi connectivity index (χ0n) is 13.1. The summed E-state index contributed by atoms with van der Waals surface area (Å²) in [5, 5.41) is 10.9. The number of hydrogen-bond acceptors (Lipinski definition) is 4. The predicted molar refractivity (Wildman–Crippen MR) is 101 cm³/mol. The van der Waals surface area contributed by atoms with Gasteiger partial charge in [-0.1, -0.05) is 58.0 Å². The lowest BCUT2D eigenvalue weighted by Crippen LogP contribution is -2.27. The number of aliphatic hydroxyl groups is 1. The molecule has 0 saturated carbocycles. The van der Waals surface area contributed by atoms with Crippen LogP contribution in [0.4, 0.5) is 0 Å². The second-order valence-electron chi connectivity index (χ2n) is 5.59. The van der Waals surface area contributed by atoms with Crippen LogP contribution in [0.1, 0.15) is 12.5 Å². The highest BCUT2D eigenvalue weighted by Crippen LogP contribution is 2.23. The van der Waals surface area contributed by atoms with E-state index >= 15 is 0 Å². The zero-order valence-corrected chi connectivity index (χ0v) is 15.5. The van der Waals surface area contributed by atoms with Gasteiger partial charge in [-0.3, -0.25) is 9.36 Å². The van der Waals surface area contributed by atoms with Crippen LogP contribution >= 0.6 is 27.7 Å². The molecule has 2 aromatic carbocycles. The second-order valence-corrected chi connectivity index (χ2v) is 7.45. The van der Waals surface area contributed by atoms with Gasteiger partial charge in [0.05, 0.1) is 23.6 Å². The summed E-state index contributed by atoms with van der Waals surface area (Å²) in [6.45, 7) is 1.90. The third kappa shape index (κ3) is 3.88. The van der Waals surface area contributed by atoms with Gasteiger partial charge >= 0.3 is 0 Å². The van der Waals surface area contributed by atoms with E-state index in [1.165, 1.54) is 11.8 Å². The first-order valence-corrected chi connectivity index (χ1v) is 9.37. The molecule has 0 bridgehead atoms. The zero-order chi connectivity index (χ0) is 17.1. The third-order valence-electron chi connectivity index (χ3n) is 3.54. The van der Waals surface area contributed by atoms with E-state index < -0.39 is 6.10 Å². The van der Waals surface area contributed by atoms with Crippen molar-refractivity contribution in [2.75, 3.05) is 0 Å². The molecule has 1 heterocycles. The Balaban J connectivity index is 2.04. The fourth-order valence-corrected chi connectivity index (χ4v) is 3.76. The molecule has 3 rings (SSSR count). The Hall–Kier alpha value is -1.63. The van der Waals surface area contributed by atoms with Crippen LogP contribution in [0.3, 0.4) is 0 Å². The summed E-state index contributed by atoms with van der Waals surface area (Å²) in [4.78, 5) is 17.5. The highest BCUT2D eigenvalue weighted by molar-refractivity contribution is 9.10. The summed E-state index contributed by atoms with van der Waals surface area (Å²) in [6, 6.07) is 15.5. The number of halogens is 1. The van der Waals surface area contributed by atoms with E-state index in [0.29, 0.717) is 16.1 Å². The van der Waals surface area contributed by atoms with Crippen molar-refractivity contribution in [2.45, 2.75) is 30.5 Å². The van der Waals surface area contributed by atoms with Gasteiger partial charge < -0.3 is 5.11 Å². The smallest absolute Gasteiger partial charge is 0.262 e. The lowest BCUT2D eigenvalue weighted by molar-refractivity contribution is 0.168. The molecule has 1 atom stereocenters. The van der Waals surface area contributed by atoms with Gasteiger partial charge in [-0.15, -0.1) is 0 Å². The van der Waals surface area contributed by atoms with Crippen LogP contribution in [0.2, 0.25) is 0 Å². The summed E-state index contributed by atoms with van der Waals surface area (Å²) in [7, 11) is 0. The molecule has 24 heavy (non-hydrogen) atoms. The molecule has 1 aromatic heterocycles. The van der Waals surface area contributed by atoms with Crippen LogP contribution < -0.4 is 5.56 Å². The SMILES string of the molecule is C[C@H](O)Cn1c(SCc2ccccc2)nc2ccc(Br)cc2c1=O. The van der Waals surface area contributed by atoms with E-state index in [-0.39, 0.29) is 12.1 Å². The van der Waals surface area contributed by atoms with Crippen LogP contribution in [0, 0.1) is 0 Å². The minimum absolute atomic E-state index is 0.127. The lowest BCUT2D eigenvalue weighted by Gasteiger charge is -2.14. The Bertz CT molecular complexity index is 910. The molecule has 0 saturated heterocycles. The second kappa shape index (κ2) is 7.51. The van der Waals surface area contributed by atoms with Gasteiger partial charge in [-0.25, -0.2) is 4.98 Å². The molecule has 0 aliphatic heterocycles. The molecule has 6 heteroatoms. The van der Waals surface area contributed by atoms with Crippen molar-refractivity contribution in [3.63, 3.8) is 0 Å². The predicted octanol–water partition coefficient (Wildman–Crippen LogP) is 3.83. The van der Waals surface area contributed by atoms with Crippen molar-refractivity contribution in [3.8, 4) is 0 Å². The van der Waals surface area contributed by atoms with E-state index in [2.05, 4.69) is 20.9 Å². The molecule has 3 aromatic rings. The molecule has 0 unspecified atom stereocenters. The van der Waals surface area contributed by atoms with Crippen molar-refractivity contribution < 1.29 is 5.11 Å². The highest BCUT2D eigenvalue weighted by Gasteiger charge is 2.13. The van der Waals surface area contributed by atoms with E-state index in [9.17, 15) is 9.90 Å². The van der Waals surface area contributed by atoms with Gasteiger partial charge in [0.2, 0.25) is 0 Å². The molecule has 0 amide bonds. The van der Waals surface area contributed by atoms with Crippen molar-refractivity contribution in [1.29, 1.82) is 0 Å². The molecule has 4 nitrogen and oxygen atoms in total. The van der Waals surface area contributed by atoms with Gasteiger partial charge in [0.15, 0.2) is 5.16 Å². The van der Waals surface area contributed by atoms with Gasteiger partial charge in [0.1, 0.15) is 0 Å². The average molecular weight is 405 g/mol. The van der Waals surface area contributed by atoms with Crippen LogP contribution in [0.25, 0.3) is 10.9 Å². The van der Waals surface area contributed by atoms with Crippen LogP contribution in [-0.2, 0) is 12.3 Å². The Labute approximate surface area is 152 Å². The van der Waals surface area contributed by atoms with E-state index in [0.717, 1.165) is 15.8 Å². The Morgan fingerprint density at radius 1 is 1.25 bits per heavy atom. The number of fused-ring (bicyclic) bond motifs is 1. The Morgan fingerprint density at radius 2 is 2.00 bits per heavy atom. The Kier molecular flexibility index (Phi) is 5.38. The number of rotatable bonds is 5. The number of aromatic nitrogens is 2. The normalized spacial score (nSPS) is 12.5. The fraction of sp³-hybridized carbons (Fsp3) is 0.222. The monoisotopic (exact) mass is 404 g/mol. The number of aliphatic hydroxyl groups excluding tert-OH is 1. The quantitative estimate of drug-likeness (QED) is 0.518. The number of nitrogens with zero attached hydrogens (tertiary/aromatic N) is 2. The molecule has 0 aliphatic rings. The Morgan fingerprint density at radius 3 is 2.71 bits per heavy atom. The fourth-order valence-electron chi connectivity index (χ4n) is 2.43. The lowest BCUT2D eigenvalue weighted by atomic mass is 10.2. The van der Waals surface area contributed by atoms with Crippen LogP contribution in [-0.4, -0.2) is 20.8 Å². The topological polar surface area (TPSA) is 55.1 Å². The molecule has 0 radical (unpaired) electrons. The summed E-state index contributed by atoms with van der Waals surface area (Å²) >= 11 is 4.90. The van der Waals surface area contributed by atoms with Crippen molar-refractivity contribution in [1.82, 2.24) is 9.55 Å². The molecule has 0 aliphatic carbocycles. The van der Waals surface area contributed by atoms with E-state index in [4.69, 9.17) is 0 Å². The molecule has 0 fully saturated rings. The number of hydrogen-bond donors (Lipinski definition) is 1. The summed E-state index contributed by atoms with van der Waals surface area (Å²) in [5.41, 5.74) is 1.70. The average Bonchev–Trinajstić information content (AvgIpc) is 2.57. The first-order chi connectivity index (χ1) is 11.5. The summed E-state index contributed by atoms with van der Waals surface area (Å²) in [6.07, 6.45) is -0.620. The van der Waals surface area contributed by atoms with Gasteiger partial charge in [-0.05, 0) is 30.7 Å². The molecular formula is C18H17BrN2O2S. The van der Waals surface area contributed by atoms with Crippen LogP contribution in [0.5, 0.6) is 0 Å². The number of thioether (sulfide) groups is 1. The van der Waals surface area contributed by atoms with E-state index in [1.807, 2.05) is 42.5 Å². The molecule has 124 valence electrons. The molecule has 1 N–H and O–H groups in total.